The average molecular weight is 196 g/mol. The van der Waals surface area contributed by atoms with Gasteiger partial charge in [-0.2, -0.15) is 11.8 Å². The number of carbonyl (C=O) groups is 1. The highest BCUT2D eigenvalue weighted by atomic mass is 32.2. The van der Waals surface area contributed by atoms with Crippen molar-refractivity contribution < 1.29 is 4.79 Å². The van der Waals surface area contributed by atoms with E-state index in [0.717, 1.165) is 17.9 Å². The first-order valence-electron chi connectivity index (χ1n) is 4.48. The number of nitrogens with one attached hydrogen (secondary N) is 1. The van der Waals surface area contributed by atoms with E-state index >= 15 is 0 Å². The number of carbonyl (C=O) groups excluding carboxylic acids is 1. The van der Waals surface area contributed by atoms with Crippen LogP contribution in [0.5, 0.6) is 0 Å². The van der Waals surface area contributed by atoms with Gasteiger partial charge >= 0.3 is 0 Å². The molecule has 2 rings (SSSR count). The number of hydrogen-bond donors (Lipinski definition) is 1. The minimum absolute atomic E-state index is 0.521. The normalized spacial score (nSPS) is 22.9. The fourth-order valence-corrected chi connectivity index (χ4v) is 2.72. The molecule has 0 amide bonds. The van der Waals surface area contributed by atoms with Gasteiger partial charge in [0, 0.05) is 11.7 Å². The minimum atomic E-state index is 0.521. The predicted octanol–water partition coefficient (Wildman–Crippen LogP) is 1.83. The van der Waals surface area contributed by atoms with Crippen molar-refractivity contribution in [3.8, 4) is 0 Å². The monoisotopic (exact) mass is 196 g/mol. The van der Waals surface area contributed by atoms with E-state index < -0.39 is 0 Å². The van der Waals surface area contributed by atoms with Crippen LogP contribution in [0.1, 0.15) is 35.1 Å². The summed E-state index contributed by atoms with van der Waals surface area (Å²) >= 11 is 1.97. The van der Waals surface area contributed by atoms with Crippen LogP contribution in [0.4, 0.5) is 0 Å². The van der Waals surface area contributed by atoms with Crippen molar-refractivity contribution in [3.05, 3.63) is 17.7 Å². The van der Waals surface area contributed by atoms with Crippen LogP contribution in [0.25, 0.3) is 0 Å². The van der Waals surface area contributed by atoms with Gasteiger partial charge in [-0.1, -0.05) is 0 Å². The second-order valence-electron chi connectivity index (χ2n) is 3.26. The van der Waals surface area contributed by atoms with E-state index in [1.807, 2.05) is 11.8 Å². The van der Waals surface area contributed by atoms with Gasteiger partial charge in [-0.05, 0) is 18.6 Å². The highest BCUT2D eigenvalue weighted by Crippen LogP contribution is 2.29. The van der Waals surface area contributed by atoms with E-state index in [-0.39, 0.29) is 0 Å². The van der Waals surface area contributed by atoms with E-state index in [9.17, 15) is 4.79 Å². The molecular weight excluding hydrogens is 184 g/mol. The third kappa shape index (κ3) is 1.94. The lowest BCUT2D eigenvalue weighted by Gasteiger charge is -2.18. The Kier molecular flexibility index (Phi) is 2.68. The number of aldehydes is 1. The molecule has 1 aliphatic heterocycles. The second kappa shape index (κ2) is 3.96. The van der Waals surface area contributed by atoms with Gasteiger partial charge < -0.3 is 4.98 Å². The lowest BCUT2D eigenvalue weighted by molar-refractivity contribution is 0.111. The van der Waals surface area contributed by atoms with Crippen LogP contribution in [0.15, 0.2) is 6.20 Å². The Morgan fingerprint density at radius 3 is 3.23 bits per heavy atom. The largest absolute Gasteiger partial charge is 0.340 e. The van der Waals surface area contributed by atoms with Gasteiger partial charge in [0.05, 0.1) is 11.9 Å². The molecule has 1 saturated heterocycles. The zero-order chi connectivity index (χ0) is 9.10. The summed E-state index contributed by atoms with van der Waals surface area (Å²) in [5.41, 5.74) is 0.588. The summed E-state index contributed by atoms with van der Waals surface area (Å²) in [6.45, 7) is 0. The van der Waals surface area contributed by atoms with Gasteiger partial charge in [0.15, 0.2) is 6.29 Å². The molecular formula is C9H12N2OS. The Labute approximate surface area is 81.3 Å². The summed E-state index contributed by atoms with van der Waals surface area (Å²) in [4.78, 5) is 17.7. The molecule has 1 aromatic heterocycles. The Hall–Kier alpha value is -0.770. The molecule has 0 aromatic carbocycles. The van der Waals surface area contributed by atoms with Crippen LogP contribution in [-0.2, 0) is 0 Å². The Morgan fingerprint density at radius 1 is 1.69 bits per heavy atom. The number of aromatic amines is 1. The summed E-state index contributed by atoms with van der Waals surface area (Å²) in [5, 5.41) is 0. The topological polar surface area (TPSA) is 45.8 Å². The molecule has 3 nitrogen and oxygen atoms in total. The summed E-state index contributed by atoms with van der Waals surface area (Å²) < 4.78 is 0. The maximum Gasteiger partial charge on any atom is 0.167 e. The quantitative estimate of drug-likeness (QED) is 0.734. The van der Waals surface area contributed by atoms with E-state index in [1.54, 1.807) is 6.20 Å². The molecule has 0 aliphatic carbocycles. The fraction of sp³-hybridized carbons (Fsp3) is 0.556. The molecule has 1 aromatic rings. The van der Waals surface area contributed by atoms with Crippen molar-refractivity contribution in [2.75, 3.05) is 11.5 Å². The molecule has 0 bridgehead atoms. The summed E-state index contributed by atoms with van der Waals surface area (Å²) in [6, 6.07) is 0. The van der Waals surface area contributed by atoms with Gasteiger partial charge in [0.2, 0.25) is 0 Å². The third-order valence-corrected chi connectivity index (χ3v) is 3.50. The second-order valence-corrected chi connectivity index (χ2v) is 4.41. The van der Waals surface area contributed by atoms with E-state index in [2.05, 4.69) is 9.97 Å². The van der Waals surface area contributed by atoms with Crippen LogP contribution in [0, 0.1) is 0 Å². The molecule has 4 heteroatoms. The van der Waals surface area contributed by atoms with Crippen molar-refractivity contribution in [2.24, 2.45) is 0 Å². The predicted molar refractivity (Wildman–Crippen MR) is 53.3 cm³/mol. The van der Waals surface area contributed by atoms with Crippen molar-refractivity contribution in [2.45, 2.75) is 18.8 Å². The van der Waals surface area contributed by atoms with Gasteiger partial charge in [0.25, 0.3) is 0 Å². The maximum atomic E-state index is 10.4. The molecule has 1 aliphatic rings. The van der Waals surface area contributed by atoms with E-state index in [0.29, 0.717) is 11.6 Å². The Morgan fingerprint density at radius 2 is 2.62 bits per heavy atom. The highest BCUT2D eigenvalue weighted by molar-refractivity contribution is 7.99. The number of imidazole rings is 1. The van der Waals surface area contributed by atoms with E-state index in [1.165, 1.54) is 18.6 Å². The first kappa shape index (κ1) is 8.81. The van der Waals surface area contributed by atoms with Gasteiger partial charge in [-0.3, -0.25) is 4.79 Å². The molecule has 1 N–H and O–H groups in total. The average Bonchev–Trinajstić information content (AvgIpc) is 2.67. The van der Waals surface area contributed by atoms with Crippen molar-refractivity contribution in [3.63, 3.8) is 0 Å². The van der Waals surface area contributed by atoms with Crippen LogP contribution in [0.2, 0.25) is 0 Å². The van der Waals surface area contributed by atoms with Gasteiger partial charge in [0.1, 0.15) is 5.82 Å². The SMILES string of the molecule is O=Cc1cnc(C2CCCSC2)[nH]1. The number of H-pyrrole nitrogens is 1. The molecule has 70 valence electrons. The Balaban J connectivity index is 2.09. The van der Waals surface area contributed by atoms with Crippen LogP contribution in [0.3, 0.4) is 0 Å². The summed E-state index contributed by atoms with van der Waals surface area (Å²) in [6.07, 6.45) is 4.87. The van der Waals surface area contributed by atoms with Gasteiger partial charge in [-0.15, -0.1) is 0 Å². The maximum absolute atomic E-state index is 10.4. The molecule has 1 atom stereocenters. The standard InChI is InChI=1S/C9H12N2OS/c12-5-8-4-10-9(11-8)7-2-1-3-13-6-7/h4-5,7H,1-3,6H2,(H,10,11). The smallest absolute Gasteiger partial charge is 0.167 e. The zero-order valence-electron chi connectivity index (χ0n) is 7.32. The van der Waals surface area contributed by atoms with E-state index in [4.69, 9.17) is 0 Å². The third-order valence-electron chi connectivity index (χ3n) is 2.29. The van der Waals surface area contributed by atoms with Crippen LogP contribution >= 0.6 is 11.8 Å². The molecule has 1 fully saturated rings. The first-order chi connectivity index (χ1) is 6.40. The number of rotatable bonds is 2. The first-order valence-corrected chi connectivity index (χ1v) is 5.63. The molecule has 0 spiro atoms. The lowest BCUT2D eigenvalue weighted by Crippen LogP contribution is -2.10. The fourth-order valence-electron chi connectivity index (χ4n) is 1.58. The van der Waals surface area contributed by atoms with Gasteiger partial charge in [-0.25, -0.2) is 4.98 Å². The number of thioether (sulfide) groups is 1. The number of nitrogens with zero attached hydrogens (tertiary/aromatic N) is 1. The van der Waals surface area contributed by atoms with Crippen molar-refractivity contribution in [1.29, 1.82) is 0 Å². The Bertz CT molecular complexity index is 292. The highest BCUT2D eigenvalue weighted by Gasteiger charge is 2.18. The lowest BCUT2D eigenvalue weighted by atomic mass is 10.1. The van der Waals surface area contributed by atoms with Crippen molar-refractivity contribution >= 4 is 18.0 Å². The van der Waals surface area contributed by atoms with Crippen molar-refractivity contribution in [1.82, 2.24) is 9.97 Å². The molecule has 0 saturated carbocycles. The van der Waals surface area contributed by atoms with Crippen LogP contribution in [-0.4, -0.2) is 27.8 Å². The molecule has 13 heavy (non-hydrogen) atoms. The zero-order valence-corrected chi connectivity index (χ0v) is 8.14. The summed E-state index contributed by atoms with van der Waals surface area (Å²) in [7, 11) is 0. The summed E-state index contributed by atoms with van der Waals surface area (Å²) in [5.74, 6) is 3.89. The van der Waals surface area contributed by atoms with Crippen LogP contribution < -0.4 is 0 Å². The number of aromatic nitrogens is 2. The molecule has 0 radical (unpaired) electrons. The minimum Gasteiger partial charge on any atom is -0.340 e. The molecule has 2 heterocycles. The number of hydrogen-bond acceptors (Lipinski definition) is 3. The molecule has 1 unspecified atom stereocenters.